The van der Waals surface area contributed by atoms with E-state index in [2.05, 4.69) is 26.1 Å². The van der Waals surface area contributed by atoms with Gasteiger partial charge in [0.25, 0.3) is 5.91 Å². The van der Waals surface area contributed by atoms with Gasteiger partial charge in [-0.3, -0.25) is 4.79 Å². The number of nitrogens with one attached hydrogen (secondary N) is 1. The Balaban J connectivity index is 1.76. The number of aliphatic hydroxyl groups is 1. The molecule has 0 unspecified atom stereocenters. The van der Waals surface area contributed by atoms with Crippen LogP contribution in [0.2, 0.25) is 0 Å². The number of rotatable bonds is 6. The molecule has 0 heterocycles. The first kappa shape index (κ1) is 15.8. The Morgan fingerprint density at radius 3 is 2.38 bits per heavy atom. The lowest BCUT2D eigenvalue weighted by Crippen LogP contribution is -2.35. The van der Waals surface area contributed by atoms with Crippen molar-refractivity contribution in [1.29, 1.82) is 0 Å². The minimum absolute atomic E-state index is 0.0103. The lowest BCUT2D eigenvalue weighted by atomic mass is 9.87. The van der Waals surface area contributed by atoms with Crippen LogP contribution in [0.15, 0.2) is 24.3 Å². The molecule has 2 rings (SSSR count). The van der Waals surface area contributed by atoms with Gasteiger partial charge in [-0.1, -0.05) is 32.9 Å². The Bertz CT molecular complexity index is 484. The van der Waals surface area contributed by atoms with Gasteiger partial charge < -0.3 is 15.2 Å². The molecule has 4 heteroatoms. The van der Waals surface area contributed by atoms with Crippen LogP contribution in [0, 0.1) is 5.41 Å². The lowest BCUT2D eigenvalue weighted by Gasteiger charge is -2.19. The Morgan fingerprint density at radius 1 is 1.29 bits per heavy atom. The monoisotopic (exact) mass is 291 g/mol. The third kappa shape index (κ3) is 4.46. The molecule has 116 valence electrons. The molecule has 0 spiro atoms. The quantitative estimate of drug-likeness (QED) is 0.845. The van der Waals surface area contributed by atoms with Crippen LogP contribution in [0.3, 0.4) is 0 Å². The van der Waals surface area contributed by atoms with E-state index in [-0.39, 0.29) is 30.0 Å². The van der Waals surface area contributed by atoms with Crippen molar-refractivity contribution < 1.29 is 14.6 Å². The zero-order valence-corrected chi connectivity index (χ0v) is 13.1. The van der Waals surface area contributed by atoms with E-state index >= 15 is 0 Å². The average molecular weight is 291 g/mol. The predicted octanol–water partition coefficient (Wildman–Crippen LogP) is 2.25. The maximum atomic E-state index is 11.7. The molecule has 1 aromatic carbocycles. The van der Waals surface area contributed by atoms with E-state index in [9.17, 15) is 9.90 Å². The molecule has 1 aliphatic rings. The highest BCUT2D eigenvalue weighted by atomic mass is 16.5. The molecular formula is C17H25NO3. The maximum absolute atomic E-state index is 11.7. The first-order valence-electron chi connectivity index (χ1n) is 7.46. The van der Waals surface area contributed by atoms with E-state index in [1.807, 2.05) is 24.3 Å². The van der Waals surface area contributed by atoms with Gasteiger partial charge in [0.2, 0.25) is 0 Å². The minimum atomic E-state index is -0.144. The first-order valence-corrected chi connectivity index (χ1v) is 7.46. The molecule has 1 aromatic rings. The molecule has 2 N–H and O–H groups in total. The summed E-state index contributed by atoms with van der Waals surface area (Å²) in [5, 5.41) is 12.0. The first-order chi connectivity index (χ1) is 9.85. The van der Waals surface area contributed by atoms with E-state index in [1.54, 1.807) is 0 Å². The highest BCUT2D eigenvalue weighted by Crippen LogP contribution is 2.44. The third-order valence-corrected chi connectivity index (χ3v) is 4.04. The van der Waals surface area contributed by atoms with Crippen molar-refractivity contribution >= 4 is 5.91 Å². The summed E-state index contributed by atoms with van der Waals surface area (Å²) in [6, 6.07) is 7.84. The summed E-state index contributed by atoms with van der Waals surface area (Å²) in [6.45, 7) is 7.16. The van der Waals surface area contributed by atoms with Crippen molar-refractivity contribution in [2.75, 3.05) is 19.8 Å². The van der Waals surface area contributed by atoms with Gasteiger partial charge in [0.1, 0.15) is 5.75 Å². The fourth-order valence-electron chi connectivity index (χ4n) is 2.10. The largest absolute Gasteiger partial charge is 0.484 e. The van der Waals surface area contributed by atoms with Gasteiger partial charge in [0.15, 0.2) is 6.61 Å². The summed E-state index contributed by atoms with van der Waals surface area (Å²) in [5.74, 6) is 0.552. The molecule has 4 nitrogen and oxygen atoms in total. The van der Waals surface area contributed by atoms with Crippen molar-refractivity contribution in [2.45, 2.75) is 39.0 Å². The van der Waals surface area contributed by atoms with Crippen LogP contribution in [-0.4, -0.2) is 30.8 Å². The second-order valence-electron chi connectivity index (χ2n) is 7.00. The minimum Gasteiger partial charge on any atom is -0.484 e. The van der Waals surface area contributed by atoms with Crippen LogP contribution in [0.1, 0.15) is 39.2 Å². The lowest BCUT2D eigenvalue weighted by molar-refractivity contribution is -0.123. The van der Waals surface area contributed by atoms with Crippen LogP contribution < -0.4 is 10.1 Å². The van der Waals surface area contributed by atoms with E-state index in [0.29, 0.717) is 12.3 Å². The number of amides is 1. The summed E-state index contributed by atoms with van der Waals surface area (Å²) >= 11 is 0. The van der Waals surface area contributed by atoms with Gasteiger partial charge in [-0.15, -0.1) is 0 Å². The number of ether oxygens (including phenoxy) is 1. The smallest absolute Gasteiger partial charge is 0.257 e. The molecular weight excluding hydrogens is 266 g/mol. The van der Waals surface area contributed by atoms with Crippen LogP contribution >= 0.6 is 0 Å². The number of aliphatic hydroxyl groups excluding tert-OH is 1. The zero-order valence-electron chi connectivity index (χ0n) is 13.1. The molecule has 0 atom stereocenters. The summed E-state index contributed by atoms with van der Waals surface area (Å²) < 4.78 is 5.48. The summed E-state index contributed by atoms with van der Waals surface area (Å²) in [4.78, 5) is 11.7. The van der Waals surface area contributed by atoms with Gasteiger partial charge >= 0.3 is 0 Å². The molecule has 0 bridgehead atoms. The van der Waals surface area contributed by atoms with Gasteiger partial charge in [0, 0.05) is 12.0 Å². The SMILES string of the molecule is CC(C)(C)c1ccc(OCC(=O)NCC2(CO)CC2)cc1. The molecule has 0 radical (unpaired) electrons. The third-order valence-electron chi connectivity index (χ3n) is 4.04. The normalized spacial score (nSPS) is 16.4. The van der Waals surface area contributed by atoms with Crippen LogP contribution in [0.4, 0.5) is 0 Å². The molecule has 21 heavy (non-hydrogen) atoms. The summed E-state index contributed by atoms with van der Waals surface area (Å²) in [5.41, 5.74) is 1.28. The van der Waals surface area contributed by atoms with Gasteiger partial charge in [-0.25, -0.2) is 0 Å². The number of carbonyl (C=O) groups excluding carboxylic acids is 1. The van der Waals surface area contributed by atoms with E-state index in [4.69, 9.17) is 4.74 Å². The molecule has 1 aliphatic carbocycles. The second kappa shape index (κ2) is 6.06. The highest BCUT2D eigenvalue weighted by Gasteiger charge is 2.42. The topological polar surface area (TPSA) is 58.6 Å². The van der Waals surface area contributed by atoms with E-state index < -0.39 is 0 Å². The van der Waals surface area contributed by atoms with Crippen molar-refractivity contribution in [3.05, 3.63) is 29.8 Å². The molecule has 1 saturated carbocycles. The van der Waals surface area contributed by atoms with Crippen molar-refractivity contribution in [3.8, 4) is 5.75 Å². The van der Waals surface area contributed by atoms with E-state index in [1.165, 1.54) is 5.56 Å². The molecule has 0 aromatic heterocycles. The van der Waals surface area contributed by atoms with Gasteiger partial charge in [-0.2, -0.15) is 0 Å². The fourth-order valence-corrected chi connectivity index (χ4v) is 2.10. The molecule has 0 aliphatic heterocycles. The molecule has 0 saturated heterocycles. The van der Waals surface area contributed by atoms with Crippen molar-refractivity contribution in [3.63, 3.8) is 0 Å². The van der Waals surface area contributed by atoms with E-state index in [0.717, 1.165) is 12.8 Å². The van der Waals surface area contributed by atoms with Crippen LogP contribution in [0.25, 0.3) is 0 Å². The average Bonchev–Trinajstić information content (AvgIpc) is 3.23. The maximum Gasteiger partial charge on any atom is 0.257 e. The van der Waals surface area contributed by atoms with Gasteiger partial charge in [0.05, 0.1) is 6.61 Å². The Morgan fingerprint density at radius 2 is 1.90 bits per heavy atom. The zero-order chi connectivity index (χ0) is 15.5. The number of hydrogen-bond donors (Lipinski definition) is 2. The molecule has 1 amide bonds. The Kier molecular flexibility index (Phi) is 4.57. The predicted molar refractivity (Wildman–Crippen MR) is 82.4 cm³/mol. The van der Waals surface area contributed by atoms with Crippen molar-refractivity contribution in [2.24, 2.45) is 5.41 Å². The Hall–Kier alpha value is -1.55. The number of benzene rings is 1. The van der Waals surface area contributed by atoms with Crippen LogP contribution in [0.5, 0.6) is 5.75 Å². The summed E-state index contributed by atoms with van der Waals surface area (Å²) in [6.07, 6.45) is 1.97. The Labute approximate surface area is 126 Å². The van der Waals surface area contributed by atoms with Crippen molar-refractivity contribution in [1.82, 2.24) is 5.32 Å². The summed E-state index contributed by atoms with van der Waals surface area (Å²) in [7, 11) is 0. The fraction of sp³-hybridized carbons (Fsp3) is 0.588. The highest BCUT2D eigenvalue weighted by molar-refractivity contribution is 5.77. The number of hydrogen-bond acceptors (Lipinski definition) is 3. The van der Waals surface area contributed by atoms with Crippen LogP contribution in [-0.2, 0) is 10.2 Å². The second-order valence-corrected chi connectivity index (χ2v) is 7.00. The van der Waals surface area contributed by atoms with Gasteiger partial charge in [-0.05, 0) is 36.0 Å². The standard InChI is InChI=1S/C17H25NO3/c1-16(2,3)13-4-6-14(7-5-13)21-10-15(20)18-11-17(12-19)8-9-17/h4-7,19H,8-12H2,1-3H3,(H,18,20). The number of carbonyl (C=O) groups is 1. The molecule has 1 fully saturated rings.